The largest absolute Gasteiger partial charge is 0.359 e. The van der Waals surface area contributed by atoms with E-state index in [-0.39, 0.29) is 4.90 Å². The summed E-state index contributed by atoms with van der Waals surface area (Å²) in [5.74, 6) is 2.20. The zero-order valence-electron chi connectivity index (χ0n) is 16.5. The summed E-state index contributed by atoms with van der Waals surface area (Å²) in [4.78, 5) is 20.8. The summed E-state index contributed by atoms with van der Waals surface area (Å²) in [6.45, 7) is 4.80. The van der Waals surface area contributed by atoms with Gasteiger partial charge in [0.1, 0.15) is 28.5 Å². The van der Waals surface area contributed by atoms with Gasteiger partial charge in [-0.05, 0) is 30.5 Å². The Morgan fingerprint density at radius 2 is 2.14 bits per heavy atom. The van der Waals surface area contributed by atoms with Crippen LogP contribution < -0.4 is 14.5 Å². The molecule has 0 bridgehead atoms. The van der Waals surface area contributed by atoms with Crippen LogP contribution in [0.2, 0.25) is 0 Å². The summed E-state index contributed by atoms with van der Waals surface area (Å²) < 4.78 is 26.6. The number of fused-ring (bicyclic) bond motifs is 1. The van der Waals surface area contributed by atoms with Gasteiger partial charge in [0.05, 0.1) is 5.39 Å². The maximum Gasteiger partial charge on any atom is 0.242 e. The van der Waals surface area contributed by atoms with Crippen molar-refractivity contribution in [2.75, 3.05) is 43.0 Å². The van der Waals surface area contributed by atoms with Gasteiger partial charge >= 0.3 is 0 Å². The molecular weight excluding hydrogens is 390 g/mol. The van der Waals surface area contributed by atoms with Crippen LogP contribution in [0.5, 0.6) is 0 Å². The van der Waals surface area contributed by atoms with Gasteiger partial charge in [0, 0.05) is 45.6 Å². The maximum atomic E-state index is 12.1. The molecule has 0 saturated carbocycles. The second-order valence-corrected chi connectivity index (χ2v) is 9.04. The molecule has 3 aromatic heterocycles. The van der Waals surface area contributed by atoms with Gasteiger partial charge in [-0.25, -0.2) is 28.1 Å². The third-order valence-corrected chi connectivity index (χ3v) is 6.74. The van der Waals surface area contributed by atoms with Crippen LogP contribution in [-0.4, -0.2) is 61.6 Å². The zero-order valence-corrected chi connectivity index (χ0v) is 17.4. The molecule has 9 nitrogen and oxygen atoms in total. The van der Waals surface area contributed by atoms with Crippen molar-refractivity contribution in [1.29, 1.82) is 0 Å². The standard InChI is InChI=1S/C19H25N7O2S/c1-3-24-29(27,28)15-4-5-17(21-10-15)25(2)11-14-7-9-26(12-14)19-16-6-8-20-18(16)22-13-23-19/h4-6,8,10,13-14,24H,3,7,9,11-12H2,1-2H3,(H,20,22,23). The van der Waals surface area contributed by atoms with E-state index in [1.807, 2.05) is 19.3 Å². The lowest BCUT2D eigenvalue weighted by molar-refractivity contribution is 0.579. The number of rotatable bonds is 7. The van der Waals surface area contributed by atoms with Gasteiger partial charge in [-0.2, -0.15) is 0 Å². The first-order valence-electron chi connectivity index (χ1n) is 9.68. The predicted octanol–water partition coefficient (Wildman–Crippen LogP) is 1.61. The summed E-state index contributed by atoms with van der Waals surface area (Å²) >= 11 is 0. The van der Waals surface area contributed by atoms with E-state index >= 15 is 0 Å². The average molecular weight is 416 g/mol. The highest BCUT2D eigenvalue weighted by Crippen LogP contribution is 2.28. The van der Waals surface area contributed by atoms with Crippen LogP contribution in [0.3, 0.4) is 0 Å². The number of aromatic nitrogens is 4. The van der Waals surface area contributed by atoms with Crippen LogP contribution in [0, 0.1) is 5.92 Å². The molecule has 0 amide bonds. The number of sulfonamides is 1. The van der Waals surface area contributed by atoms with E-state index < -0.39 is 10.0 Å². The molecule has 1 fully saturated rings. The number of nitrogens with one attached hydrogen (secondary N) is 2. The first-order valence-corrected chi connectivity index (χ1v) is 11.2. The Balaban J connectivity index is 1.41. The van der Waals surface area contributed by atoms with Crippen LogP contribution in [-0.2, 0) is 10.0 Å². The molecule has 10 heteroatoms. The minimum absolute atomic E-state index is 0.183. The van der Waals surface area contributed by atoms with Crippen molar-refractivity contribution in [3.8, 4) is 0 Å². The smallest absolute Gasteiger partial charge is 0.242 e. The Morgan fingerprint density at radius 3 is 2.90 bits per heavy atom. The van der Waals surface area contributed by atoms with Gasteiger partial charge in [0.2, 0.25) is 10.0 Å². The van der Waals surface area contributed by atoms with Gasteiger partial charge in [-0.1, -0.05) is 6.92 Å². The summed E-state index contributed by atoms with van der Waals surface area (Å²) in [6, 6.07) is 5.36. The summed E-state index contributed by atoms with van der Waals surface area (Å²) in [6.07, 6.45) is 5.96. The van der Waals surface area contributed by atoms with Gasteiger partial charge < -0.3 is 14.8 Å². The fourth-order valence-electron chi connectivity index (χ4n) is 3.80. The highest BCUT2D eigenvalue weighted by atomic mass is 32.2. The van der Waals surface area contributed by atoms with Crippen molar-refractivity contribution >= 4 is 32.7 Å². The molecule has 0 aliphatic carbocycles. The molecule has 1 unspecified atom stereocenters. The van der Waals surface area contributed by atoms with E-state index in [1.165, 1.54) is 6.20 Å². The van der Waals surface area contributed by atoms with Crippen LogP contribution in [0.25, 0.3) is 11.0 Å². The molecule has 0 aromatic carbocycles. The lowest BCUT2D eigenvalue weighted by atomic mass is 10.1. The second-order valence-electron chi connectivity index (χ2n) is 7.27. The number of nitrogens with zero attached hydrogens (tertiary/aromatic N) is 5. The number of H-pyrrole nitrogens is 1. The van der Waals surface area contributed by atoms with Gasteiger partial charge in [0.15, 0.2) is 0 Å². The number of anilines is 2. The molecule has 0 spiro atoms. The summed E-state index contributed by atoms with van der Waals surface area (Å²) in [5, 5.41) is 1.04. The number of pyridine rings is 1. The summed E-state index contributed by atoms with van der Waals surface area (Å²) in [7, 11) is -1.49. The summed E-state index contributed by atoms with van der Waals surface area (Å²) in [5.41, 5.74) is 0.854. The van der Waals surface area contributed by atoms with E-state index in [9.17, 15) is 8.42 Å². The Hall–Kier alpha value is -2.72. The number of hydrogen-bond acceptors (Lipinski definition) is 7. The highest BCUT2D eigenvalue weighted by Gasteiger charge is 2.26. The zero-order chi connectivity index (χ0) is 20.4. The molecule has 154 valence electrons. The second kappa shape index (κ2) is 7.96. The van der Waals surface area contributed by atoms with Crippen LogP contribution in [0.15, 0.2) is 41.8 Å². The molecular formula is C19H25N7O2S. The number of aromatic amines is 1. The molecule has 4 rings (SSSR count). The molecule has 4 heterocycles. The monoisotopic (exact) mass is 415 g/mol. The fourth-order valence-corrected chi connectivity index (χ4v) is 4.78. The van der Waals surface area contributed by atoms with Crippen LogP contribution in [0.4, 0.5) is 11.6 Å². The quantitative estimate of drug-likeness (QED) is 0.604. The van der Waals surface area contributed by atoms with Crippen LogP contribution in [0.1, 0.15) is 13.3 Å². The fraction of sp³-hybridized carbons (Fsp3) is 0.421. The first kappa shape index (κ1) is 19.6. The van der Waals surface area contributed by atoms with E-state index in [1.54, 1.807) is 25.4 Å². The van der Waals surface area contributed by atoms with E-state index in [2.05, 4.69) is 34.5 Å². The lowest BCUT2D eigenvalue weighted by Gasteiger charge is -2.23. The van der Waals surface area contributed by atoms with Crippen molar-refractivity contribution in [3.05, 3.63) is 36.9 Å². The Bertz CT molecular complexity index is 1080. The molecule has 1 atom stereocenters. The normalized spacial score (nSPS) is 17.2. The molecule has 1 saturated heterocycles. The van der Waals surface area contributed by atoms with Gasteiger partial charge in [-0.3, -0.25) is 0 Å². The van der Waals surface area contributed by atoms with Crippen molar-refractivity contribution in [1.82, 2.24) is 24.7 Å². The predicted molar refractivity (Wildman–Crippen MR) is 113 cm³/mol. The van der Waals surface area contributed by atoms with Crippen LogP contribution >= 0.6 is 0 Å². The van der Waals surface area contributed by atoms with E-state index in [4.69, 9.17) is 0 Å². The van der Waals surface area contributed by atoms with Crippen molar-refractivity contribution in [2.45, 2.75) is 18.2 Å². The molecule has 29 heavy (non-hydrogen) atoms. The molecule has 2 N–H and O–H groups in total. The Morgan fingerprint density at radius 1 is 1.28 bits per heavy atom. The Labute approximate surface area is 170 Å². The van der Waals surface area contributed by atoms with Crippen molar-refractivity contribution in [3.63, 3.8) is 0 Å². The van der Waals surface area contributed by atoms with Crippen molar-refractivity contribution in [2.24, 2.45) is 5.92 Å². The van der Waals surface area contributed by atoms with Gasteiger partial charge in [0.25, 0.3) is 0 Å². The highest BCUT2D eigenvalue weighted by molar-refractivity contribution is 7.89. The maximum absolute atomic E-state index is 12.1. The topological polar surface area (TPSA) is 107 Å². The first-order chi connectivity index (χ1) is 14.0. The van der Waals surface area contributed by atoms with Gasteiger partial charge in [-0.15, -0.1) is 0 Å². The van der Waals surface area contributed by atoms with E-state index in [0.717, 1.165) is 48.7 Å². The van der Waals surface area contributed by atoms with Crippen molar-refractivity contribution < 1.29 is 8.42 Å². The average Bonchev–Trinajstić information content (AvgIpc) is 3.37. The molecule has 1 aliphatic heterocycles. The molecule has 0 radical (unpaired) electrons. The molecule has 3 aromatic rings. The molecule has 1 aliphatic rings. The van der Waals surface area contributed by atoms with E-state index in [0.29, 0.717) is 12.5 Å². The Kier molecular flexibility index (Phi) is 5.37. The minimum Gasteiger partial charge on any atom is -0.359 e. The SMILES string of the molecule is CCNS(=O)(=O)c1ccc(N(C)CC2CCN(c3ncnc4[nH]ccc34)C2)nc1. The lowest BCUT2D eigenvalue weighted by Crippen LogP contribution is -2.29. The minimum atomic E-state index is -3.48. The third-order valence-electron chi connectivity index (χ3n) is 5.21. The number of hydrogen-bond donors (Lipinski definition) is 2. The third kappa shape index (κ3) is 4.03.